The van der Waals surface area contributed by atoms with E-state index in [4.69, 9.17) is 0 Å². The van der Waals surface area contributed by atoms with Gasteiger partial charge in [0.2, 0.25) is 10.0 Å². The molecule has 0 fully saturated rings. The average molecular weight is 536 g/mol. The third-order valence-corrected chi connectivity index (χ3v) is 8.32. The van der Waals surface area contributed by atoms with Crippen LogP contribution in [-0.2, 0) is 10.0 Å². The molecular weight excluding hydrogens is 502 g/mol. The molecule has 0 amide bonds. The van der Waals surface area contributed by atoms with Crippen molar-refractivity contribution in [2.45, 2.75) is 51.3 Å². The normalized spacial score (nSPS) is 12.2. The second-order valence-corrected chi connectivity index (χ2v) is 11.1. The van der Waals surface area contributed by atoms with Crippen LogP contribution in [-0.4, -0.2) is 40.7 Å². The van der Waals surface area contributed by atoms with Crippen LogP contribution in [0.4, 0.5) is 11.4 Å². The fourth-order valence-corrected chi connectivity index (χ4v) is 6.03. The van der Waals surface area contributed by atoms with Gasteiger partial charge in [0.1, 0.15) is 11.4 Å². The van der Waals surface area contributed by atoms with Crippen LogP contribution >= 0.6 is 0 Å². The number of nitrogens with zero attached hydrogens (tertiary/aromatic N) is 4. The van der Waals surface area contributed by atoms with Crippen molar-refractivity contribution in [1.29, 1.82) is 0 Å². The van der Waals surface area contributed by atoms with E-state index in [0.29, 0.717) is 40.9 Å². The number of benzene rings is 3. The van der Waals surface area contributed by atoms with Gasteiger partial charge in [-0.05, 0) is 49.4 Å². The number of aryl methyl sites for hydroxylation is 1. The van der Waals surface area contributed by atoms with Gasteiger partial charge in [-0.25, -0.2) is 13.1 Å². The molecular formula is C28H33N5O4S. The lowest BCUT2D eigenvalue weighted by atomic mass is 10.1. The van der Waals surface area contributed by atoms with E-state index in [1.807, 2.05) is 32.0 Å². The number of unbranched alkanes of at least 4 members (excludes halogenated alkanes) is 2. The van der Waals surface area contributed by atoms with Crippen LogP contribution in [0.15, 0.2) is 80.6 Å². The Bertz CT molecular complexity index is 1610. The molecule has 0 bridgehead atoms. The Morgan fingerprint density at radius 2 is 1.61 bits per heavy atom. The molecule has 4 aromatic rings. The Kier molecular flexibility index (Phi) is 8.43. The predicted molar refractivity (Wildman–Crippen MR) is 149 cm³/mol. The van der Waals surface area contributed by atoms with Gasteiger partial charge in [0.15, 0.2) is 5.69 Å². The summed E-state index contributed by atoms with van der Waals surface area (Å²) in [6.07, 6.45) is 3.33. The summed E-state index contributed by atoms with van der Waals surface area (Å²) in [7, 11) is -3.80. The van der Waals surface area contributed by atoms with Gasteiger partial charge < -0.3 is 5.11 Å². The quantitative estimate of drug-likeness (QED) is 0.218. The third-order valence-electron chi connectivity index (χ3n) is 6.38. The highest BCUT2D eigenvalue weighted by molar-refractivity contribution is 7.89. The minimum atomic E-state index is -3.80. The number of aromatic amines is 1. The molecule has 4 rings (SSSR count). The Balaban J connectivity index is 1.78. The van der Waals surface area contributed by atoms with Crippen molar-refractivity contribution < 1.29 is 13.5 Å². The van der Waals surface area contributed by atoms with E-state index >= 15 is 0 Å². The third kappa shape index (κ3) is 5.56. The van der Waals surface area contributed by atoms with E-state index < -0.39 is 15.6 Å². The van der Waals surface area contributed by atoms with Gasteiger partial charge in [-0.2, -0.15) is 9.42 Å². The van der Waals surface area contributed by atoms with Crippen LogP contribution in [0.25, 0.3) is 16.5 Å². The topological polar surface area (TPSA) is 120 Å². The largest absolute Gasteiger partial charge is 0.506 e. The summed E-state index contributed by atoms with van der Waals surface area (Å²) in [4.78, 5) is 13.2. The Hall–Kier alpha value is -3.76. The molecule has 0 radical (unpaired) electrons. The van der Waals surface area contributed by atoms with Crippen LogP contribution in [0.5, 0.6) is 5.75 Å². The predicted octanol–water partition coefficient (Wildman–Crippen LogP) is 6.34. The highest BCUT2D eigenvalue weighted by atomic mass is 32.2. The zero-order valence-electron chi connectivity index (χ0n) is 21.9. The van der Waals surface area contributed by atoms with Crippen LogP contribution in [0.3, 0.4) is 0 Å². The van der Waals surface area contributed by atoms with Gasteiger partial charge in [0, 0.05) is 18.5 Å². The maximum atomic E-state index is 13.9. The van der Waals surface area contributed by atoms with Crippen molar-refractivity contribution in [3.63, 3.8) is 0 Å². The average Bonchev–Trinajstić information content (AvgIpc) is 3.19. The van der Waals surface area contributed by atoms with Gasteiger partial charge in [-0.1, -0.05) is 63.1 Å². The summed E-state index contributed by atoms with van der Waals surface area (Å²) >= 11 is 0. The lowest BCUT2D eigenvalue weighted by Gasteiger charge is -2.23. The molecule has 0 saturated heterocycles. The fraction of sp³-hybridized carbons (Fsp3) is 0.321. The van der Waals surface area contributed by atoms with E-state index in [9.17, 15) is 18.3 Å². The number of aromatic hydroxyl groups is 1. The van der Waals surface area contributed by atoms with Crippen molar-refractivity contribution in [3.8, 4) is 11.4 Å². The molecule has 0 saturated carbocycles. The van der Waals surface area contributed by atoms with Crippen molar-refractivity contribution >= 4 is 32.2 Å². The van der Waals surface area contributed by atoms with E-state index in [2.05, 4.69) is 15.3 Å². The number of azo groups is 1. The second-order valence-electron chi connectivity index (χ2n) is 9.19. The summed E-state index contributed by atoms with van der Waals surface area (Å²) in [5, 5.41) is 22.9. The van der Waals surface area contributed by atoms with E-state index in [0.717, 1.165) is 25.7 Å². The molecule has 0 unspecified atom stereocenters. The highest BCUT2D eigenvalue weighted by Crippen LogP contribution is 2.32. The second kappa shape index (κ2) is 11.7. The van der Waals surface area contributed by atoms with Crippen LogP contribution in [0.1, 0.15) is 45.2 Å². The molecule has 0 aliphatic rings. The fourth-order valence-electron chi connectivity index (χ4n) is 4.28. The minimum Gasteiger partial charge on any atom is -0.506 e. The first-order valence-corrected chi connectivity index (χ1v) is 14.3. The SMILES string of the molecule is CCCCN(CCCC)S(=O)(=O)c1cc(N=Nc2c(C)[nH]n(-c3ccccc3O)c2=O)cc2ccccc12. The Morgan fingerprint density at radius 1 is 0.947 bits per heavy atom. The summed E-state index contributed by atoms with van der Waals surface area (Å²) in [6.45, 7) is 6.66. The van der Waals surface area contributed by atoms with Gasteiger partial charge in [0.05, 0.1) is 16.3 Å². The van der Waals surface area contributed by atoms with Gasteiger partial charge in [-0.3, -0.25) is 9.89 Å². The van der Waals surface area contributed by atoms with Crippen LogP contribution < -0.4 is 5.56 Å². The Morgan fingerprint density at radius 3 is 2.29 bits per heavy atom. The highest BCUT2D eigenvalue weighted by Gasteiger charge is 2.26. The maximum absolute atomic E-state index is 13.9. The number of fused-ring (bicyclic) bond motifs is 1. The number of hydrogen-bond acceptors (Lipinski definition) is 6. The molecule has 0 spiro atoms. The zero-order chi connectivity index (χ0) is 27.3. The number of sulfonamides is 1. The van der Waals surface area contributed by atoms with Gasteiger partial charge >= 0.3 is 0 Å². The molecule has 9 nitrogen and oxygen atoms in total. The minimum absolute atomic E-state index is 0.0561. The van der Waals surface area contributed by atoms with Crippen LogP contribution in [0.2, 0.25) is 0 Å². The molecule has 0 aliphatic heterocycles. The molecule has 0 atom stereocenters. The molecule has 1 aromatic heterocycles. The number of para-hydroxylation sites is 2. The first-order chi connectivity index (χ1) is 18.3. The summed E-state index contributed by atoms with van der Waals surface area (Å²) in [5.41, 5.74) is 0.661. The summed E-state index contributed by atoms with van der Waals surface area (Å²) in [5.74, 6) is -0.0561. The number of phenols is 1. The first-order valence-electron chi connectivity index (χ1n) is 12.8. The maximum Gasteiger partial charge on any atom is 0.299 e. The van der Waals surface area contributed by atoms with Crippen LogP contribution in [0, 0.1) is 6.92 Å². The summed E-state index contributed by atoms with van der Waals surface area (Å²) in [6, 6.07) is 17.0. The van der Waals surface area contributed by atoms with Crippen molar-refractivity contribution in [1.82, 2.24) is 14.1 Å². The molecule has 10 heteroatoms. The molecule has 0 aliphatic carbocycles. The molecule has 200 valence electrons. The molecule has 3 aromatic carbocycles. The number of H-pyrrole nitrogens is 1. The molecule has 2 N–H and O–H groups in total. The van der Waals surface area contributed by atoms with E-state index in [1.54, 1.807) is 41.6 Å². The van der Waals surface area contributed by atoms with E-state index in [1.165, 1.54) is 16.8 Å². The van der Waals surface area contributed by atoms with Crippen molar-refractivity contribution in [2.24, 2.45) is 10.2 Å². The molecule has 38 heavy (non-hydrogen) atoms. The molecule has 1 heterocycles. The number of hydrogen-bond donors (Lipinski definition) is 2. The number of rotatable bonds is 11. The van der Waals surface area contributed by atoms with Gasteiger partial charge in [-0.15, -0.1) is 5.11 Å². The van der Waals surface area contributed by atoms with Gasteiger partial charge in [0.25, 0.3) is 5.56 Å². The number of aromatic nitrogens is 2. The monoisotopic (exact) mass is 535 g/mol. The first kappa shape index (κ1) is 27.3. The number of nitrogens with one attached hydrogen (secondary N) is 1. The van der Waals surface area contributed by atoms with E-state index in [-0.39, 0.29) is 16.3 Å². The Labute approximate surface area is 222 Å². The lowest BCUT2D eigenvalue weighted by Crippen LogP contribution is -2.33. The number of phenolic OH excluding ortho intramolecular Hbond substituents is 1. The summed E-state index contributed by atoms with van der Waals surface area (Å²) < 4.78 is 30.5. The van der Waals surface area contributed by atoms with Crippen molar-refractivity contribution in [3.05, 3.63) is 76.7 Å². The standard InChI is InChI=1S/C28H33N5O4S/c1-4-6-16-32(17-7-5-2)38(36,37)26-19-22(18-21-12-8-9-13-23(21)26)29-30-27-20(3)31-33(28(27)35)24-14-10-11-15-25(24)34/h8-15,18-19,31,34H,4-7,16-17H2,1-3H3. The smallest absolute Gasteiger partial charge is 0.299 e. The van der Waals surface area contributed by atoms with Crippen molar-refractivity contribution in [2.75, 3.05) is 13.1 Å². The zero-order valence-corrected chi connectivity index (χ0v) is 22.7. The lowest BCUT2D eigenvalue weighted by molar-refractivity contribution is 0.395.